The molecule has 0 atom stereocenters. The minimum absolute atomic E-state index is 0.0222. The standard InChI is InChI=1S/C19H14N4O4S/c20-17(24)13-8-2-3-9-14(13)21-19-22-18(25)16(28-19)11-5-7-12-6-1-4-10-15(12)23(26)27/h1-11H,(H2,20,24)(H,21,22,25)/b7-5+,16-11-. The maximum absolute atomic E-state index is 12.1. The number of hydrogen-bond acceptors (Lipinski definition) is 6. The van der Waals surface area contributed by atoms with Crippen LogP contribution in [0.25, 0.3) is 6.08 Å². The summed E-state index contributed by atoms with van der Waals surface area (Å²) in [4.78, 5) is 38.8. The monoisotopic (exact) mass is 394 g/mol. The summed E-state index contributed by atoms with van der Waals surface area (Å²) in [5, 5.41) is 13.9. The molecule has 1 aliphatic rings. The van der Waals surface area contributed by atoms with Crippen LogP contribution in [-0.2, 0) is 4.79 Å². The molecule has 1 heterocycles. The molecule has 140 valence electrons. The third-order valence-electron chi connectivity index (χ3n) is 3.70. The van der Waals surface area contributed by atoms with Crippen LogP contribution >= 0.6 is 11.8 Å². The molecule has 2 aromatic carbocycles. The molecule has 1 fully saturated rings. The fourth-order valence-electron chi connectivity index (χ4n) is 2.42. The van der Waals surface area contributed by atoms with E-state index < -0.39 is 10.8 Å². The van der Waals surface area contributed by atoms with Gasteiger partial charge in [0.1, 0.15) is 0 Å². The Morgan fingerprint density at radius 1 is 1.18 bits per heavy atom. The molecular weight excluding hydrogens is 380 g/mol. The number of aliphatic imine (C=N–C) groups is 1. The average molecular weight is 394 g/mol. The van der Waals surface area contributed by atoms with Crippen molar-refractivity contribution in [2.24, 2.45) is 10.7 Å². The lowest BCUT2D eigenvalue weighted by Crippen LogP contribution is -2.19. The highest BCUT2D eigenvalue weighted by atomic mass is 32.2. The van der Waals surface area contributed by atoms with E-state index in [-0.39, 0.29) is 17.2 Å². The minimum atomic E-state index is -0.613. The number of nitrogens with one attached hydrogen (secondary N) is 1. The lowest BCUT2D eigenvalue weighted by molar-refractivity contribution is -0.385. The van der Waals surface area contributed by atoms with Crippen molar-refractivity contribution in [3.8, 4) is 0 Å². The average Bonchev–Trinajstić information content (AvgIpc) is 3.01. The normalized spacial score (nSPS) is 16.6. The van der Waals surface area contributed by atoms with Gasteiger partial charge in [0.05, 0.1) is 26.6 Å². The fourth-order valence-corrected chi connectivity index (χ4v) is 3.20. The van der Waals surface area contributed by atoms with E-state index in [4.69, 9.17) is 5.73 Å². The molecule has 3 N–H and O–H groups in total. The third kappa shape index (κ3) is 4.33. The summed E-state index contributed by atoms with van der Waals surface area (Å²) >= 11 is 1.09. The molecule has 3 rings (SSSR count). The van der Waals surface area contributed by atoms with Crippen LogP contribution in [0.15, 0.2) is 70.6 Å². The predicted molar refractivity (Wildman–Crippen MR) is 108 cm³/mol. The van der Waals surface area contributed by atoms with Gasteiger partial charge in [-0.15, -0.1) is 0 Å². The number of nitro benzene ring substituents is 1. The van der Waals surface area contributed by atoms with Crippen LogP contribution in [0.2, 0.25) is 0 Å². The van der Waals surface area contributed by atoms with Gasteiger partial charge in [-0.25, -0.2) is 4.99 Å². The van der Waals surface area contributed by atoms with Crippen molar-refractivity contribution in [1.29, 1.82) is 0 Å². The molecule has 2 aromatic rings. The van der Waals surface area contributed by atoms with Gasteiger partial charge in [0.15, 0.2) is 5.17 Å². The summed E-state index contributed by atoms with van der Waals surface area (Å²) in [5.74, 6) is -0.968. The predicted octanol–water partition coefficient (Wildman–Crippen LogP) is 3.14. The van der Waals surface area contributed by atoms with Gasteiger partial charge in [0.25, 0.3) is 17.5 Å². The third-order valence-corrected chi connectivity index (χ3v) is 4.63. The number of nitro groups is 1. The molecule has 28 heavy (non-hydrogen) atoms. The second-order valence-corrected chi connectivity index (χ2v) is 6.59. The van der Waals surface area contributed by atoms with Crippen molar-refractivity contribution in [2.75, 3.05) is 0 Å². The van der Waals surface area contributed by atoms with Crippen molar-refractivity contribution in [1.82, 2.24) is 5.32 Å². The first-order valence-electron chi connectivity index (χ1n) is 8.04. The smallest absolute Gasteiger partial charge is 0.276 e. The number of nitrogens with two attached hydrogens (primary N) is 1. The second kappa shape index (κ2) is 8.31. The summed E-state index contributed by atoms with van der Waals surface area (Å²) in [7, 11) is 0. The minimum Gasteiger partial charge on any atom is -0.366 e. The summed E-state index contributed by atoms with van der Waals surface area (Å²) in [6.07, 6.45) is 4.65. The van der Waals surface area contributed by atoms with E-state index >= 15 is 0 Å². The van der Waals surface area contributed by atoms with Crippen LogP contribution < -0.4 is 11.1 Å². The van der Waals surface area contributed by atoms with E-state index in [1.165, 1.54) is 6.07 Å². The molecule has 0 unspecified atom stereocenters. The van der Waals surface area contributed by atoms with Crippen molar-refractivity contribution in [3.05, 3.63) is 86.8 Å². The zero-order valence-electron chi connectivity index (χ0n) is 14.4. The van der Waals surface area contributed by atoms with E-state index in [1.54, 1.807) is 60.7 Å². The first-order chi connectivity index (χ1) is 13.5. The van der Waals surface area contributed by atoms with Gasteiger partial charge in [0.2, 0.25) is 0 Å². The SMILES string of the molecule is NC(=O)c1ccccc1N=C1NC(=O)/C(=C/C=C/c2ccccc2[N+](=O)[O-])S1. The van der Waals surface area contributed by atoms with Gasteiger partial charge >= 0.3 is 0 Å². The summed E-state index contributed by atoms with van der Waals surface area (Å²) in [6.45, 7) is 0. The lowest BCUT2D eigenvalue weighted by Gasteiger charge is -2.01. The first kappa shape index (κ1) is 19.1. The molecule has 0 aliphatic carbocycles. The number of nitrogens with zero attached hydrogens (tertiary/aromatic N) is 2. The van der Waals surface area contributed by atoms with E-state index in [1.807, 2.05) is 0 Å². The molecular formula is C19H14N4O4S. The number of benzene rings is 2. The second-order valence-electron chi connectivity index (χ2n) is 5.56. The molecule has 0 aromatic heterocycles. The van der Waals surface area contributed by atoms with E-state index in [9.17, 15) is 19.7 Å². The lowest BCUT2D eigenvalue weighted by atomic mass is 10.1. The van der Waals surface area contributed by atoms with Crippen LogP contribution in [0.3, 0.4) is 0 Å². The van der Waals surface area contributed by atoms with Crippen molar-refractivity contribution in [3.63, 3.8) is 0 Å². The van der Waals surface area contributed by atoms with Crippen LogP contribution in [0.1, 0.15) is 15.9 Å². The number of thioether (sulfide) groups is 1. The van der Waals surface area contributed by atoms with Crippen LogP contribution in [0.4, 0.5) is 11.4 Å². The number of para-hydroxylation sites is 2. The number of amidine groups is 1. The molecule has 1 saturated heterocycles. The highest BCUT2D eigenvalue weighted by Gasteiger charge is 2.23. The van der Waals surface area contributed by atoms with Gasteiger partial charge < -0.3 is 11.1 Å². The fraction of sp³-hybridized carbons (Fsp3) is 0. The number of carbonyl (C=O) groups excluding carboxylic acids is 2. The van der Waals surface area contributed by atoms with E-state index in [2.05, 4.69) is 10.3 Å². The first-order valence-corrected chi connectivity index (χ1v) is 8.86. The number of allylic oxidation sites excluding steroid dienone is 2. The van der Waals surface area contributed by atoms with Gasteiger partial charge in [-0.3, -0.25) is 19.7 Å². The van der Waals surface area contributed by atoms with Gasteiger partial charge in [-0.2, -0.15) is 0 Å². The Kier molecular flexibility index (Phi) is 5.66. The molecule has 8 nitrogen and oxygen atoms in total. The molecule has 1 aliphatic heterocycles. The quantitative estimate of drug-likeness (QED) is 0.457. The van der Waals surface area contributed by atoms with E-state index in [0.29, 0.717) is 21.3 Å². The Morgan fingerprint density at radius 2 is 1.89 bits per heavy atom. The Balaban J connectivity index is 1.80. The number of carbonyl (C=O) groups is 2. The molecule has 0 spiro atoms. The maximum Gasteiger partial charge on any atom is 0.276 e. The highest BCUT2D eigenvalue weighted by molar-refractivity contribution is 8.18. The van der Waals surface area contributed by atoms with Crippen LogP contribution in [0, 0.1) is 10.1 Å². The summed E-state index contributed by atoms with van der Waals surface area (Å²) < 4.78 is 0. The molecule has 0 radical (unpaired) electrons. The molecule has 0 saturated carbocycles. The van der Waals surface area contributed by atoms with Gasteiger partial charge in [0, 0.05) is 6.07 Å². The summed E-state index contributed by atoms with van der Waals surface area (Å²) in [5.41, 5.74) is 6.34. The van der Waals surface area contributed by atoms with Gasteiger partial charge in [-0.05, 0) is 42.1 Å². The Labute approximate surface area is 164 Å². The van der Waals surface area contributed by atoms with Crippen LogP contribution in [-0.4, -0.2) is 21.9 Å². The number of rotatable bonds is 5. The highest BCUT2D eigenvalue weighted by Crippen LogP contribution is 2.28. The zero-order chi connectivity index (χ0) is 20.1. The van der Waals surface area contributed by atoms with Crippen molar-refractivity contribution >= 4 is 46.2 Å². The molecule has 0 bridgehead atoms. The molecule has 9 heteroatoms. The van der Waals surface area contributed by atoms with Crippen molar-refractivity contribution < 1.29 is 14.5 Å². The number of hydrogen-bond donors (Lipinski definition) is 2. The topological polar surface area (TPSA) is 128 Å². The Hall–Kier alpha value is -3.72. The summed E-state index contributed by atoms with van der Waals surface area (Å²) in [6, 6.07) is 12.8. The number of primary amides is 1. The Bertz CT molecular complexity index is 1060. The van der Waals surface area contributed by atoms with E-state index in [0.717, 1.165) is 11.8 Å². The Morgan fingerprint density at radius 3 is 2.64 bits per heavy atom. The van der Waals surface area contributed by atoms with Crippen molar-refractivity contribution in [2.45, 2.75) is 0 Å². The zero-order valence-corrected chi connectivity index (χ0v) is 15.2. The number of amides is 2. The maximum atomic E-state index is 12.1. The van der Waals surface area contributed by atoms with Crippen LogP contribution in [0.5, 0.6) is 0 Å². The van der Waals surface area contributed by atoms with Gasteiger partial charge in [-0.1, -0.05) is 30.3 Å². The largest absolute Gasteiger partial charge is 0.366 e. The molecule has 2 amide bonds.